The van der Waals surface area contributed by atoms with E-state index in [4.69, 9.17) is 0 Å². The van der Waals surface area contributed by atoms with Crippen molar-refractivity contribution in [2.45, 2.75) is 25.7 Å². The fraction of sp³-hybridized carbons (Fsp3) is 0.462. The highest BCUT2D eigenvalue weighted by Crippen LogP contribution is 2.40. The monoisotopic (exact) mass is 243 g/mol. The Bertz CT molecular complexity index is 556. The minimum atomic E-state index is 0.626. The molecule has 1 aliphatic rings. The van der Waals surface area contributed by atoms with E-state index in [-0.39, 0.29) is 0 Å². The van der Waals surface area contributed by atoms with E-state index in [9.17, 15) is 0 Å². The van der Waals surface area contributed by atoms with Crippen molar-refractivity contribution in [3.63, 3.8) is 0 Å². The van der Waals surface area contributed by atoms with Gasteiger partial charge < -0.3 is 5.32 Å². The van der Waals surface area contributed by atoms with Crippen molar-refractivity contribution in [1.82, 2.24) is 19.7 Å². The third-order valence-corrected chi connectivity index (χ3v) is 3.06. The molecule has 2 aromatic heterocycles. The van der Waals surface area contributed by atoms with Gasteiger partial charge in [0, 0.05) is 37.5 Å². The number of hydrogen-bond donors (Lipinski definition) is 1. The molecule has 0 spiro atoms. The highest BCUT2D eigenvalue weighted by Gasteiger charge is 2.26. The molecule has 0 radical (unpaired) electrons. The summed E-state index contributed by atoms with van der Waals surface area (Å²) in [5, 5.41) is 7.44. The van der Waals surface area contributed by atoms with Crippen LogP contribution < -0.4 is 5.32 Å². The molecule has 0 saturated heterocycles. The zero-order valence-electron chi connectivity index (χ0n) is 10.7. The smallest absolute Gasteiger partial charge is 0.164 e. The van der Waals surface area contributed by atoms with Crippen LogP contribution in [0.5, 0.6) is 0 Å². The second-order valence-electron chi connectivity index (χ2n) is 4.71. The fourth-order valence-corrected chi connectivity index (χ4v) is 1.99. The molecule has 1 aliphatic carbocycles. The number of aryl methyl sites for hydroxylation is 1. The first kappa shape index (κ1) is 11.2. The van der Waals surface area contributed by atoms with Gasteiger partial charge in [0.05, 0.1) is 11.8 Å². The van der Waals surface area contributed by atoms with Gasteiger partial charge in [-0.2, -0.15) is 5.10 Å². The molecule has 1 fully saturated rings. The van der Waals surface area contributed by atoms with Crippen molar-refractivity contribution in [2.24, 2.45) is 7.05 Å². The largest absolute Gasteiger partial charge is 0.370 e. The average molecular weight is 243 g/mol. The van der Waals surface area contributed by atoms with Crippen LogP contribution in [0, 0.1) is 0 Å². The summed E-state index contributed by atoms with van der Waals surface area (Å²) in [4.78, 5) is 9.20. The summed E-state index contributed by atoms with van der Waals surface area (Å²) in [7, 11) is 1.90. The second kappa shape index (κ2) is 4.40. The summed E-state index contributed by atoms with van der Waals surface area (Å²) in [5.41, 5.74) is 2.12. The molecule has 5 nitrogen and oxygen atoms in total. The molecule has 0 unspecified atom stereocenters. The van der Waals surface area contributed by atoms with Crippen molar-refractivity contribution in [3.05, 3.63) is 24.2 Å². The maximum Gasteiger partial charge on any atom is 0.164 e. The molecule has 0 bridgehead atoms. The Hall–Kier alpha value is -1.91. The fourth-order valence-electron chi connectivity index (χ4n) is 1.99. The summed E-state index contributed by atoms with van der Waals surface area (Å²) in [6, 6.07) is 2.07. The molecular formula is C13H17N5. The van der Waals surface area contributed by atoms with E-state index < -0.39 is 0 Å². The zero-order valence-corrected chi connectivity index (χ0v) is 10.7. The second-order valence-corrected chi connectivity index (χ2v) is 4.71. The van der Waals surface area contributed by atoms with E-state index in [0.717, 1.165) is 29.4 Å². The standard InChI is InChI=1S/C13H17N5/c1-3-14-12-6-11(9-4-5-9)16-13(17-12)10-7-15-18(2)8-10/h6-9H,3-5H2,1-2H3,(H,14,16,17). The summed E-state index contributed by atoms with van der Waals surface area (Å²) >= 11 is 0. The van der Waals surface area contributed by atoms with Crippen LogP contribution in [0.3, 0.4) is 0 Å². The van der Waals surface area contributed by atoms with Gasteiger partial charge in [0.15, 0.2) is 5.82 Å². The SMILES string of the molecule is CCNc1cc(C2CC2)nc(-c2cnn(C)c2)n1. The molecule has 2 aromatic rings. The number of hydrogen-bond acceptors (Lipinski definition) is 4. The molecular weight excluding hydrogens is 226 g/mol. The molecule has 0 aliphatic heterocycles. The maximum atomic E-state index is 4.66. The predicted octanol–water partition coefficient (Wildman–Crippen LogP) is 2.19. The molecule has 18 heavy (non-hydrogen) atoms. The van der Waals surface area contributed by atoms with Crippen LogP contribution >= 0.6 is 0 Å². The Morgan fingerprint density at radius 3 is 2.83 bits per heavy atom. The van der Waals surface area contributed by atoms with Crippen molar-refractivity contribution >= 4 is 5.82 Å². The van der Waals surface area contributed by atoms with Gasteiger partial charge in [-0.1, -0.05) is 0 Å². The molecule has 0 amide bonds. The van der Waals surface area contributed by atoms with Gasteiger partial charge in [-0.15, -0.1) is 0 Å². The van der Waals surface area contributed by atoms with E-state index in [1.54, 1.807) is 4.68 Å². The number of anilines is 1. The van der Waals surface area contributed by atoms with Gasteiger partial charge in [0.1, 0.15) is 5.82 Å². The summed E-state index contributed by atoms with van der Waals surface area (Å²) in [6.07, 6.45) is 6.24. The quantitative estimate of drug-likeness (QED) is 0.894. The van der Waals surface area contributed by atoms with Gasteiger partial charge in [-0.25, -0.2) is 9.97 Å². The Balaban J connectivity index is 2.01. The van der Waals surface area contributed by atoms with Crippen LogP contribution in [0.4, 0.5) is 5.82 Å². The summed E-state index contributed by atoms with van der Waals surface area (Å²) in [6.45, 7) is 2.94. The number of nitrogens with zero attached hydrogens (tertiary/aromatic N) is 4. The lowest BCUT2D eigenvalue weighted by Crippen LogP contribution is -2.03. The zero-order chi connectivity index (χ0) is 12.5. The Labute approximate surface area is 106 Å². The lowest BCUT2D eigenvalue weighted by molar-refractivity contribution is 0.768. The molecule has 0 aromatic carbocycles. The highest BCUT2D eigenvalue weighted by atomic mass is 15.2. The number of rotatable bonds is 4. The summed E-state index contributed by atoms with van der Waals surface area (Å²) in [5.74, 6) is 2.30. The van der Waals surface area contributed by atoms with Crippen LogP contribution in [0.2, 0.25) is 0 Å². The van der Waals surface area contributed by atoms with Gasteiger partial charge in [-0.05, 0) is 19.8 Å². The Morgan fingerprint density at radius 2 is 2.22 bits per heavy atom. The molecule has 94 valence electrons. The molecule has 1 saturated carbocycles. The number of nitrogens with one attached hydrogen (secondary N) is 1. The maximum absolute atomic E-state index is 4.66. The van der Waals surface area contributed by atoms with E-state index in [2.05, 4.69) is 33.4 Å². The molecule has 5 heteroatoms. The topological polar surface area (TPSA) is 55.6 Å². The van der Waals surface area contributed by atoms with E-state index in [1.807, 2.05) is 19.4 Å². The average Bonchev–Trinajstić information content (AvgIpc) is 3.12. The lowest BCUT2D eigenvalue weighted by Gasteiger charge is -2.07. The van der Waals surface area contributed by atoms with E-state index >= 15 is 0 Å². The van der Waals surface area contributed by atoms with Gasteiger partial charge in [0.2, 0.25) is 0 Å². The normalized spacial score (nSPS) is 14.8. The van der Waals surface area contributed by atoms with Crippen LogP contribution in [0.15, 0.2) is 18.5 Å². The van der Waals surface area contributed by atoms with Gasteiger partial charge in [0.25, 0.3) is 0 Å². The third kappa shape index (κ3) is 2.20. The Kier molecular flexibility index (Phi) is 2.74. The van der Waals surface area contributed by atoms with E-state index in [0.29, 0.717) is 5.92 Å². The first-order valence-corrected chi connectivity index (χ1v) is 6.38. The van der Waals surface area contributed by atoms with E-state index in [1.165, 1.54) is 12.8 Å². The molecule has 1 N–H and O–H groups in total. The van der Waals surface area contributed by atoms with Crippen molar-refractivity contribution in [2.75, 3.05) is 11.9 Å². The first-order valence-electron chi connectivity index (χ1n) is 6.38. The molecule has 3 rings (SSSR count). The van der Waals surface area contributed by atoms with Crippen LogP contribution in [-0.2, 0) is 7.05 Å². The molecule has 2 heterocycles. The minimum Gasteiger partial charge on any atom is -0.370 e. The van der Waals surface area contributed by atoms with Gasteiger partial charge >= 0.3 is 0 Å². The van der Waals surface area contributed by atoms with Crippen LogP contribution in [0.25, 0.3) is 11.4 Å². The lowest BCUT2D eigenvalue weighted by atomic mass is 10.2. The van der Waals surface area contributed by atoms with Crippen molar-refractivity contribution in [3.8, 4) is 11.4 Å². The van der Waals surface area contributed by atoms with Crippen LogP contribution in [-0.4, -0.2) is 26.3 Å². The molecule has 0 atom stereocenters. The first-order chi connectivity index (χ1) is 8.76. The Morgan fingerprint density at radius 1 is 1.39 bits per heavy atom. The number of aromatic nitrogens is 4. The van der Waals surface area contributed by atoms with Crippen molar-refractivity contribution in [1.29, 1.82) is 0 Å². The minimum absolute atomic E-state index is 0.626. The van der Waals surface area contributed by atoms with Crippen LogP contribution in [0.1, 0.15) is 31.4 Å². The van der Waals surface area contributed by atoms with Gasteiger partial charge in [-0.3, -0.25) is 4.68 Å². The highest BCUT2D eigenvalue weighted by molar-refractivity contribution is 5.56. The third-order valence-electron chi connectivity index (χ3n) is 3.06. The van der Waals surface area contributed by atoms with Crippen molar-refractivity contribution < 1.29 is 0 Å². The summed E-state index contributed by atoms with van der Waals surface area (Å²) < 4.78 is 1.77. The predicted molar refractivity (Wildman–Crippen MR) is 70.4 cm³/mol.